The van der Waals surface area contributed by atoms with Gasteiger partial charge in [-0.05, 0) is 65.9 Å². The Balaban J connectivity index is 1.59. The van der Waals surface area contributed by atoms with Gasteiger partial charge in [0.2, 0.25) is 5.91 Å². The number of benzene rings is 2. The lowest BCUT2D eigenvalue weighted by Gasteiger charge is -2.10. The summed E-state index contributed by atoms with van der Waals surface area (Å²) in [5.41, 5.74) is 1.99. The van der Waals surface area contributed by atoms with E-state index in [9.17, 15) is 18.0 Å². The molecule has 1 heterocycles. The molecule has 0 fully saturated rings. The Bertz CT molecular complexity index is 1140. The van der Waals surface area contributed by atoms with Gasteiger partial charge in [0.1, 0.15) is 4.21 Å². The van der Waals surface area contributed by atoms with E-state index in [1.807, 2.05) is 13.8 Å². The molecule has 0 aliphatic carbocycles. The van der Waals surface area contributed by atoms with E-state index in [4.69, 9.17) is 0 Å². The first kappa shape index (κ1) is 22.5. The number of thiophene rings is 1. The molecule has 1 aromatic heterocycles. The van der Waals surface area contributed by atoms with Gasteiger partial charge >= 0.3 is 0 Å². The molecule has 31 heavy (non-hydrogen) atoms. The zero-order valence-electron chi connectivity index (χ0n) is 17.1. The summed E-state index contributed by atoms with van der Waals surface area (Å²) < 4.78 is 27.2. The summed E-state index contributed by atoms with van der Waals surface area (Å²) in [6, 6.07) is 16.2. The van der Waals surface area contributed by atoms with Gasteiger partial charge in [0.25, 0.3) is 15.9 Å². The first-order valence-corrected chi connectivity index (χ1v) is 12.0. The highest BCUT2D eigenvalue weighted by atomic mass is 32.2. The van der Waals surface area contributed by atoms with E-state index in [2.05, 4.69) is 15.4 Å². The molecule has 3 N–H and O–H groups in total. The molecule has 0 radical (unpaired) electrons. The lowest BCUT2D eigenvalue weighted by Crippen LogP contribution is -2.14. The molecular weight excluding hydrogens is 434 g/mol. The summed E-state index contributed by atoms with van der Waals surface area (Å²) >= 11 is 1.13. The summed E-state index contributed by atoms with van der Waals surface area (Å²) in [6.07, 6.45) is 0.442. The minimum Gasteiger partial charge on any atom is -0.326 e. The second-order valence-electron chi connectivity index (χ2n) is 7.29. The molecule has 2 amide bonds. The molecule has 9 heteroatoms. The van der Waals surface area contributed by atoms with Gasteiger partial charge in [-0.1, -0.05) is 19.9 Å². The van der Waals surface area contributed by atoms with Gasteiger partial charge in [-0.3, -0.25) is 14.3 Å². The molecule has 2 aromatic carbocycles. The van der Waals surface area contributed by atoms with Gasteiger partial charge in [0.15, 0.2) is 0 Å². The van der Waals surface area contributed by atoms with E-state index in [-0.39, 0.29) is 21.9 Å². The average molecular weight is 458 g/mol. The van der Waals surface area contributed by atoms with Crippen LogP contribution in [0, 0.1) is 5.92 Å². The van der Waals surface area contributed by atoms with Crippen molar-refractivity contribution in [2.45, 2.75) is 24.5 Å². The maximum Gasteiger partial charge on any atom is 0.271 e. The number of hydrogen-bond donors (Lipinski definition) is 3. The van der Waals surface area contributed by atoms with E-state index >= 15 is 0 Å². The molecule has 7 nitrogen and oxygen atoms in total. The molecule has 162 valence electrons. The fourth-order valence-corrected chi connectivity index (χ4v) is 4.79. The van der Waals surface area contributed by atoms with Gasteiger partial charge < -0.3 is 10.6 Å². The van der Waals surface area contributed by atoms with Crippen LogP contribution in [-0.2, 0) is 14.8 Å². The highest BCUT2D eigenvalue weighted by Crippen LogP contribution is 2.21. The van der Waals surface area contributed by atoms with Crippen molar-refractivity contribution < 1.29 is 18.0 Å². The van der Waals surface area contributed by atoms with Crippen LogP contribution in [0.25, 0.3) is 0 Å². The Morgan fingerprint density at radius 3 is 2.00 bits per heavy atom. The number of carbonyl (C=O) groups is 2. The molecule has 0 atom stereocenters. The number of amides is 2. The molecule has 0 aliphatic rings. The first-order chi connectivity index (χ1) is 14.7. The molecule has 0 bridgehead atoms. The number of carbonyl (C=O) groups excluding carboxylic acids is 2. The molecule has 3 aromatic rings. The van der Waals surface area contributed by atoms with E-state index < -0.39 is 10.0 Å². The van der Waals surface area contributed by atoms with Crippen LogP contribution in [0.15, 0.2) is 70.3 Å². The lowest BCUT2D eigenvalue weighted by atomic mass is 10.1. The number of rotatable bonds is 8. The van der Waals surface area contributed by atoms with Crippen molar-refractivity contribution in [3.05, 3.63) is 71.6 Å². The Morgan fingerprint density at radius 2 is 1.45 bits per heavy atom. The predicted octanol–water partition coefficient (Wildman–Crippen LogP) is 4.79. The van der Waals surface area contributed by atoms with Gasteiger partial charge in [-0.15, -0.1) is 11.3 Å². The van der Waals surface area contributed by atoms with Crippen LogP contribution in [0.4, 0.5) is 17.1 Å². The van der Waals surface area contributed by atoms with Gasteiger partial charge in [-0.25, -0.2) is 8.42 Å². The van der Waals surface area contributed by atoms with Gasteiger partial charge in [0, 0.05) is 29.0 Å². The maximum absolute atomic E-state index is 12.5. The first-order valence-electron chi connectivity index (χ1n) is 9.60. The summed E-state index contributed by atoms with van der Waals surface area (Å²) in [5, 5.41) is 7.27. The Kier molecular flexibility index (Phi) is 7.09. The fraction of sp³-hybridized carbons (Fsp3) is 0.182. The van der Waals surface area contributed by atoms with Crippen molar-refractivity contribution in [2.24, 2.45) is 5.92 Å². The SMILES string of the molecule is CC(C)CC(=O)Nc1ccc(NC(=O)c2ccc(NS(=O)(=O)c3cccs3)cc2)cc1. The lowest BCUT2D eigenvalue weighted by molar-refractivity contribution is -0.116. The van der Waals surface area contributed by atoms with Crippen LogP contribution >= 0.6 is 11.3 Å². The molecule has 0 unspecified atom stereocenters. The standard InChI is InChI=1S/C22H23N3O4S2/c1-15(2)14-20(26)23-17-9-11-18(12-10-17)24-22(27)16-5-7-19(8-6-16)25-31(28,29)21-4-3-13-30-21/h3-13,15,25H,14H2,1-2H3,(H,23,26)(H,24,27). The van der Waals surface area contributed by atoms with E-state index in [1.54, 1.807) is 47.8 Å². The van der Waals surface area contributed by atoms with Crippen molar-refractivity contribution in [2.75, 3.05) is 15.4 Å². The number of anilines is 3. The van der Waals surface area contributed by atoms with Crippen molar-refractivity contribution in [1.29, 1.82) is 0 Å². The van der Waals surface area contributed by atoms with Crippen LogP contribution in [0.3, 0.4) is 0 Å². The number of sulfonamides is 1. The van der Waals surface area contributed by atoms with E-state index in [0.29, 0.717) is 29.0 Å². The third-order valence-corrected chi connectivity index (χ3v) is 6.96. The van der Waals surface area contributed by atoms with Crippen LogP contribution in [0.5, 0.6) is 0 Å². The molecular formula is C22H23N3O4S2. The van der Waals surface area contributed by atoms with Crippen molar-refractivity contribution in [3.8, 4) is 0 Å². The minimum atomic E-state index is -3.63. The van der Waals surface area contributed by atoms with Crippen molar-refractivity contribution >= 4 is 50.2 Å². The van der Waals surface area contributed by atoms with Crippen LogP contribution in [0.1, 0.15) is 30.6 Å². The summed E-state index contributed by atoms with van der Waals surface area (Å²) in [6.45, 7) is 3.95. The summed E-state index contributed by atoms with van der Waals surface area (Å²) in [7, 11) is -3.63. The molecule has 0 saturated carbocycles. The fourth-order valence-electron chi connectivity index (χ4n) is 2.73. The largest absolute Gasteiger partial charge is 0.326 e. The van der Waals surface area contributed by atoms with Crippen molar-refractivity contribution in [1.82, 2.24) is 0 Å². The van der Waals surface area contributed by atoms with E-state index in [1.165, 1.54) is 18.2 Å². The third kappa shape index (κ3) is 6.40. The molecule has 0 spiro atoms. The monoisotopic (exact) mass is 457 g/mol. The Hall–Kier alpha value is -3.17. The van der Waals surface area contributed by atoms with Gasteiger partial charge in [0.05, 0.1) is 0 Å². The predicted molar refractivity (Wildman–Crippen MR) is 124 cm³/mol. The van der Waals surface area contributed by atoms with E-state index in [0.717, 1.165) is 11.3 Å². The Morgan fingerprint density at radius 1 is 0.871 bits per heavy atom. The van der Waals surface area contributed by atoms with Crippen LogP contribution in [-0.4, -0.2) is 20.2 Å². The summed E-state index contributed by atoms with van der Waals surface area (Å²) in [4.78, 5) is 24.3. The topological polar surface area (TPSA) is 104 Å². The molecule has 0 saturated heterocycles. The second kappa shape index (κ2) is 9.76. The van der Waals surface area contributed by atoms with Crippen LogP contribution in [0.2, 0.25) is 0 Å². The zero-order chi connectivity index (χ0) is 22.4. The van der Waals surface area contributed by atoms with Crippen LogP contribution < -0.4 is 15.4 Å². The van der Waals surface area contributed by atoms with Crippen molar-refractivity contribution in [3.63, 3.8) is 0 Å². The smallest absolute Gasteiger partial charge is 0.271 e. The summed E-state index contributed by atoms with van der Waals surface area (Å²) in [5.74, 6) is -0.109. The minimum absolute atomic E-state index is 0.0541. The number of hydrogen-bond acceptors (Lipinski definition) is 5. The quantitative estimate of drug-likeness (QED) is 0.452. The zero-order valence-corrected chi connectivity index (χ0v) is 18.7. The number of nitrogens with one attached hydrogen (secondary N) is 3. The highest BCUT2D eigenvalue weighted by Gasteiger charge is 2.15. The molecule has 3 rings (SSSR count). The Labute approximate surface area is 185 Å². The highest BCUT2D eigenvalue weighted by molar-refractivity contribution is 7.94. The molecule has 0 aliphatic heterocycles. The normalized spacial score (nSPS) is 11.2. The average Bonchev–Trinajstić information content (AvgIpc) is 3.25. The van der Waals surface area contributed by atoms with Gasteiger partial charge in [-0.2, -0.15) is 0 Å². The second-order valence-corrected chi connectivity index (χ2v) is 10.1. The maximum atomic E-state index is 12.5. The third-order valence-electron chi connectivity index (χ3n) is 4.18.